The summed E-state index contributed by atoms with van der Waals surface area (Å²) in [4.78, 5) is 8.13. The molecule has 1 aliphatic heterocycles. The molecule has 41 heavy (non-hydrogen) atoms. The molecule has 13 heteroatoms. The van der Waals surface area contributed by atoms with Gasteiger partial charge >= 0.3 is 0 Å². The fourth-order valence-electron chi connectivity index (χ4n) is 4.76. The number of nitrogens with zero attached hydrogens (tertiary/aromatic N) is 4. The Morgan fingerprint density at radius 3 is 2.59 bits per heavy atom. The van der Waals surface area contributed by atoms with Crippen molar-refractivity contribution < 1.29 is 17.6 Å². The highest BCUT2D eigenvalue weighted by atomic mass is 35.5. The van der Waals surface area contributed by atoms with Crippen LogP contribution in [0.2, 0.25) is 5.02 Å². The van der Waals surface area contributed by atoms with E-state index in [0.717, 1.165) is 0 Å². The van der Waals surface area contributed by atoms with E-state index >= 15 is 4.39 Å². The molecule has 0 saturated heterocycles. The number of halogens is 5. The number of nitriles is 1. The fourth-order valence-corrected chi connectivity index (χ4v) is 5.01. The van der Waals surface area contributed by atoms with Gasteiger partial charge in [0.05, 0.1) is 44.6 Å². The van der Waals surface area contributed by atoms with Crippen LogP contribution >= 0.6 is 11.6 Å². The summed E-state index contributed by atoms with van der Waals surface area (Å²) in [5.41, 5.74) is 5.82. The maximum atomic E-state index is 16.4. The molecule has 1 aromatic carbocycles. The summed E-state index contributed by atoms with van der Waals surface area (Å²) in [6.45, 7) is 8.01. The smallest absolute Gasteiger partial charge is 0.262 e. The van der Waals surface area contributed by atoms with Crippen LogP contribution in [-0.4, -0.2) is 33.5 Å². The van der Waals surface area contributed by atoms with E-state index in [9.17, 15) is 18.4 Å². The van der Waals surface area contributed by atoms with Crippen LogP contribution in [0.3, 0.4) is 0 Å². The van der Waals surface area contributed by atoms with Crippen LogP contribution < -0.4 is 21.6 Å². The molecule has 1 aliphatic carbocycles. The van der Waals surface area contributed by atoms with Crippen LogP contribution in [0.4, 0.5) is 28.9 Å². The van der Waals surface area contributed by atoms with Gasteiger partial charge in [-0.1, -0.05) is 38.4 Å². The summed E-state index contributed by atoms with van der Waals surface area (Å²) in [5, 5.41) is 17.5. The molecule has 0 spiro atoms. The normalized spacial score (nSPS) is 16.8. The van der Waals surface area contributed by atoms with Crippen LogP contribution in [0.25, 0.3) is 10.9 Å². The first-order valence-electron chi connectivity index (χ1n) is 13.0. The van der Waals surface area contributed by atoms with Crippen LogP contribution in [0.5, 0.6) is 0 Å². The summed E-state index contributed by atoms with van der Waals surface area (Å²) >= 11 is 6.58. The summed E-state index contributed by atoms with van der Waals surface area (Å²) in [6.07, 6.45) is 0.834. The second-order valence-corrected chi connectivity index (χ2v) is 11.9. The number of rotatable bonds is 8. The van der Waals surface area contributed by atoms with Crippen molar-refractivity contribution >= 4 is 33.9 Å². The van der Waals surface area contributed by atoms with E-state index in [2.05, 4.69) is 37.6 Å². The van der Waals surface area contributed by atoms with Gasteiger partial charge in [0.1, 0.15) is 11.6 Å². The molecule has 1 fully saturated rings. The van der Waals surface area contributed by atoms with Gasteiger partial charge in [-0.15, -0.1) is 5.53 Å². The molecular weight excluding hydrogens is 560 g/mol. The van der Waals surface area contributed by atoms with Crippen molar-refractivity contribution in [2.24, 2.45) is 5.41 Å². The molecule has 3 aromatic rings. The lowest BCUT2D eigenvalue weighted by molar-refractivity contribution is 0.00911. The molecule has 4 N–H and O–H groups in total. The van der Waals surface area contributed by atoms with Crippen molar-refractivity contribution in [1.82, 2.24) is 25.9 Å². The molecular formula is C28H29ClF4N8. The van der Waals surface area contributed by atoms with Crippen LogP contribution in [0.15, 0.2) is 36.3 Å². The minimum Gasteiger partial charge on any atom is -0.383 e. The molecule has 1 saturated carbocycles. The number of hydrogen-bond acceptors (Lipinski definition) is 8. The third kappa shape index (κ3) is 5.44. The van der Waals surface area contributed by atoms with Crippen molar-refractivity contribution in [3.8, 4) is 6.07 Å². The standard InChI is InChI=1S/C28H29ClF4N8/c1-14-16(5-6-20(30)37-14)24(19-12-41(40-39-19)28(7-8-28)26(32)33)38-18-9-17(29)25-21(22(18)31)23(15(10-34)11-35-25)36-13-27(2,3)4/h5-6,9,11-12,24,26,38-40H,7-8,13H2,1-4H3,(H,35,36)/t24-/m0/s1. The van der Waals surface area contributed by atoms with E-state index in [0.29, 0.717) is 36.3 Å². The zero-order valence-corrected chi connectivity index (χ0v) is 23.6. The molecule has 216 valence electrons. The van der Waals surface area contributed by atoms with Crippen LogP contribution in [0, 0.1) is 35.4 Å². The Bertz CT molecular complexity index is 1580. The molecule has 8 nitrogen and oxygen atoms in total. The van der Waals surface area contributed by atoms with E-state index in [4.69, 9.17) is 11.6 Å². The van der Waals surface area contributed by atoms with Gasteiger partial charge < -0.3 is 16.1 Å². The Morgan fingerprint density at radius 2 is 1.98 bits per heavy atom. The van der Waals surface area contributed by atoms with Gasteiger partial charge in [-0.2, -0.15) is 9.65 Å². The summed E-state index contributed by atoms with van der Waals surface area (Å²) < 4.78 is 57.9. The number of hydrazine groups is 2. The van der Waals surface area contributed by atoms with E-state index in [1.54, 1.807) is 6.92 Å². The molecule has 5 rings (SSSR count). The van der Waals surface area contributed by atoms with Gasteiger partial charge in [-0.05, 0) is 37.3 Å². The molecule has 2 aromatic heterocycles. The Morgan fingerprint density at radius 1 is 1.24 bits per heavy atom. The van der Waals surface area contributed by atoms with Crippen molar-refractivity contribution in [3.63, 3.8) is 0 Å². The van der Waals surface area contributed by atoms with Crippen molar-refractivity contribution in [2.45, 2.75) is 58.5 Å². The quantitative estimate of drug-likeness (QED) is 0.179. The lowest BCUT2D eigenvalue weighted by Gasteiger charge is -2.25. The number of aryl methyl sites for hydroxylation is 1. The highest BCUT2D eigenvalue weighted by Gasteiger charge is 2.56. The van der Waals surface area contributed by atoms with Gasteiger partial charge in [-0.25, -0.2) is 18.2 Å². The predicted octanol–water partition coefficient (Wildman–Crippen LogP) is 6.32. The molecule has 2 aliphatic rings. The Labute approximate surface area is 239 Å². The van der Waals surface area contributed by atoms with Gasteiger partial charge in [-0.3, -0.25) is 9.99 Å². The van der Waals surface area contributed by atoms with Crippen molar-refractivity contribution in [1.29, 1.82) is 5.26 Å². The van der Waals surface area contributed by atoms with Crippen molar-refractivity contribution in [3.05, 3.63) is 69.9 Å². The van der Waals surface area contributed by atoms with Gasteiger partial charge in [0.15, 0.2) is 5.82 Å². The predicted molar refractivity (Wildman–Crippen MR) is 149 cm³/mol. The minimum absolute atomic E-state index is 0.0266. The molecule has 1 atom stereocenters. The number of nitrogens with one attached hydrogen (secondary N) is 4. The third-order valence-electron chi connectivity index (χ3n) is 7.20. The highest BCUT2D eigenvalue weighted by Crippen LogP contribution is 2.47. The fraction of sp³-hybridized carbons (Fsp3) is 0.393. The number of hydrogen-bond donors (Lipinski definition) is 4. The van der Waals surface area contributed by atoms with E-state index < -0.39 is 29.8 Å². The molecule has 0 radical (unpaired) electrons. The van der Waals surface area contributed by atoms with Crippen molar-refractivity contribution in [2.75, 3.05) is 17.2 Å². The third-order valence-corrected chi connectivity index (χ3v) is 7.49. The zero-order chi connectivity index (χ0) is 29.7. The molecule has 0 bridgehead atoms. The Balaban J connectivity index is 1.62. The Kier molecular flexibility index (Phi) is 7.38. The first kappa shape index (κ1) is 28.7. The lowest BCUT2D eigenvalue weighted by Crippen LogP contribution is -2.48. The SMILES string of the molecule is Cc1nc(F)ccc1[C@H](Nc1cc(Cl)c2ncc(C#N)c(NCC(C)(C)C)c2c1F)C1=CN(C2(C(F)F)CC2)NN1. The van der Waals surface area contributed by atoms with E-state index in [-0.39, 0.29) is 38.3 Å². The lowest BCUT2D eigenvalue weighted by atomic mass is 9.96. The number of pyridine rings is 2. The maximum Gasteiger partial charge on any atom is 0.262 e. The first-order valence-corrected chi connectivity index (χ1v) is 13.4. The number of fused-ring (bicyclic) bond motifs is 1. The number of aromatic nitrogens is 2. The van der Waals surface area contributed by atoms with Crippen LogP contribution in [-0.2, 0) is 0 Å². The van der Waals surface area contributed by atoms with E-state index in [1.165, 1.54) is 35.6 Å². The number of benzene rings is 1. The minimum atomic E-state index is -2.59. The van der Waals surface area contributed by atoms with Crippen LogP contribution in [0.1, 0.15) is 56.5 Å². The number of alkyl halides is 2. The molecule has 3 heterocycles. The van der Waals surface area contributed by atoms with Gasteiger partial charge in [0.25, 0.3) is 6.43 Å². The highest BCUT2D eigenvalue weighted by molar-refractivity contribution is 6.36. The second-order valence-electron chi connectivity index (χ2n) is 11.5. The average Bonchev–Trinajstić information content (AvgIpc) is 3.58. The Hall–Kier alpha value is -3.82. The number of anilines is 2. The van der Waals surface area contributed by atoms with Gasteiger partial charge in [0, 0.05) is 30.2 Å². The average molecular weight is 589 g/mol. The van der Waals surface area contributed by atoms with Gasteiger partial charge in [0.2, 0.25) is 5.95 Å². The molecule has 0 amide bonds. The van der Waals surface area contributed by atoms with E-state index in [1.807, 2.05) is 20.8 Å². The molecule has 0 unspecified atom stereocenters. The first-order chi connectivity index (χ1) is 19.3. The topological polar surface area (TPSA) is 101 Å². The zero-order valence-electron chi connectivity index (χ0n) is 22.8. The summed E-state index contributed by atoms with van der Waals surface area (Å²) in [7, 11) is 0. The second kappa shape index (κ2) is 10.5. The monoisotopic (exact) mass is 588 g/mol. The maximum absolute atomic E-state index is 16.4. The summed E-state index contributed by atoms with van der Waals surface area (Å²) in [6, 6.07) is 5.20. The largest absolute Gasteiger partial charge is 0.383 e. The summed E-state index contributed by atoms with van der Waals surface area (Å²) in [5.74, 6) is -1.42.